The normalized spacial score (nSPS) is 22.1. The molecule has 1 aromatic rings. The molecule has 1 amide bonds. The van der Waals surface area contributed by atoms with E-state index in [1.165, 1.54) is 23.5 Å². The molecule has 0 aromatic heterocycles. The van der Waals surface area contributed by atoms with Crippen molar-refractivity contribution in [2.24, 2.45) is 0 Å². The van der Waals surface area contributed by atoms with E-state index in [0.717, 1.165) is 0 Å². The number of hydrogen-bond donors (Lipinski definition) is 2. The Balaban J connectivity index is 2.17. The summed E-state index contributed by atoms with van der Waals surface area (Å²) >= 11 is 0. The van der Waals surface area contributed by atoms with Crippen molar-refractivity contribution in [1.29, 1.82) is 0 Å². The lowest BCUT2D eigenvalue weighted by atomic mass is 9.90. The van der Waals surface area contributed by atoms with Crippen molar-refractivity contribution in [3.8, 4) is 5.75 Å². The van der Waals surface area contributed by atoms with Crippen molar-refractivity contribution in [2.75, 3.05) is 26.7 Å². The topological polar surface area (TPSA) is 95.9 Å². The number of amides is 1. The number of aliphatic hydroxyl groups is 1. The average molecular weight is 356 g/mol. The van der Waals surface area contributed by atoms with E-state index < -0.39 is 15.6 Å². The summed E-state index contributed by atoms with van der Waals surface area (Å²) in [6, 6.07) is 6.20. The van der Waals surface area contributed by atoms with E-state index >= 15 is 0 Å². The molecule has 0 spiro atoms. The smallest absolute Gasteiger partial charge is 0.243 e. The predicted molar refractivity (Wildman–Crippen MR) is 89.2 cm³/mol. The summed E-state index contributed by atoms with van der Waals surface area (Å²) < 4.78 is 32.1. The zero-order chi connectivity index (χ0) is 17.8. The van der Waals surface area contributed by atoms with Gasteiger partial charge in [0.15, 0.2) is 0 Å². The summed E-state index contributed by atoms with van der Waals surface area (Å²) in [6.07, 6.45) is 0.790. The monoisotopic (exact) mass is 356 g/mol. The molecule has 1 atom stereocenters. The van der Waals surface area contributed by atoms with Crippen molar-refractivity contribution in [3.05, 3.63) is 24.3 Å². The van der Waals surface area contributed by atoms with Gasteiger partial charge in [-0.2, -0.15) is 4.31 Å². The second kappa shape index (κ2) is 7.50. The summed E-state index contributed by atoms with van der Waals surface area (Å²) in [5, 5.41) is 13.0. The van der Waals surface area contributed by atoms with E-state index in [9.17, 15) is 18.3 Å². The molecule has 1 unspecified atom stereocenters. The Hall–Kier alpha value is -1.64. The highest BCUT2D eigenvalue weighted by atomic mass is 32.2. The molecule has 1 aromatic carbocycles. The maximum atomic E-state index is 12.8. The van der Waals surface area contributed by atoms with Crippen molar-refractivity contribution in [3.63, 3.8) is 0 Å². The lowest BCUT2D eigenvalue weighted by Crippen LogP contribution is -2.51. The molecule has 8 heteroatoms. The lowest BCUT2D eigenvalue weighted by molar-refractivity contribution is -0.127. The van der Waals surface area contributed by atoms with Crippen LogP contribution >= 0.6 is 0 Å². The molecule has 1 aliphatic rings. The molecule has 2 rings (SSSR count). The van der Waals surface area contributed by atoms with Crippen LogP contribution in [0.3, 0.4) is 0 Å². The number of nitrogens with one attached hydrogen (secondary N) is 1. The van der Waals surface area contributed by atoms with Crippen LogP contribution in [0.4, 0.5) is 0 Å². The van der Waals surface area contributed by atoms with Crippen LogP contribution in [0.2, 0.25) is 0 Å². The molecule has 7 nitrogen and oxygen atoms in total. The van der Waals surface area contributed by atoms with Crippen molar-refractivity contribution in [2.45, 2.75) is 36.7 Å². The number of β-amino-alcohol motifs (C(OH)–C–C–N with tert-alkyl or cyclic N) is 1. The van der Waals surface area contributed by atoms with Gasteiger partial charge in [-0.05, 0) is 44.0 Å². The summed E-state index contributed by atoms with van der Waals surface area (Å²) in [5.74, 6) is 0.295. The SMILES string of the molecule is CCOc1ccc(S(=O)(=O)N2CCCC(O)(CC(=O)NC)C2)cc1. The molecule has 1 heterocycles. The lowest BCUT2D eigenvalue weighted by Gasteiger charge is -2.38. The Morgan fingerprint density at radius 1 is 1.38 bits per heavy atom. The molecule has 0 radical (unpaired) electrons. The van der Waals surface area contributed by atoms with Gasteiger partial charge in [-0.25, -0.2) is 8.42 Å². The van der Waals surface area contributed by atoms with Gasteiger partial charge >= 0.3 is 0 Å². The minimum Gasteiger partial charge on any atom is -0.494 e. The third-order valence-corrected chi connectivity index (χ3v) is 5.92. The fourth-order valence-electron chi connectivity index (χ4n) is 2.83. The number of carbonyl (C=O) groups excluding carboxylic acids is 1. The first-order chi connectivity index (χ1) is 11.3. The first-order valence-electron chi connectivity index (χ1n) is 7.97. The highest BCUT2D eigenvalue weighted by Gasteiger charge is 2.39. The molecular weight excluding hydrogens is 332 g/mol. The van der Waals surface area contributed by atoms with Gasteiger partial charge in [0.2, 0.25) is 15.9 Å². The fourth-order valence-corrected chi connectivity index (χ4v) is 4.39. The van der Waals surface area contributed by atoms with Crippen molar-refractivity contribution < 1.29 is 23.1 Å². The molecular formula is C16H24N2O5S. The van der Waals surface area contributed by atoms with Gasteiger partial charge in [-0.3, -0.25) is 4.79 Å². The van der Waals surface area contributed by atoms with Crippen LogP contribution in [0.1, 0.15) is 26.2 Å². The number of rotatable bonds is 6. The van der Waals surface area contributed by atoms with Crippen LogP contribution in [-0.4, -0.2) is 56.1 Å². The first-order valence-corrected chi connectivity index (χ1v) is 9.41. The Morgan fingerprint density at radius 2 is 2.04 bits per heavy atom. The molecule has 1 saturated heterocycles. The molecule has 24 heavy (non-hydrogen) atoms. The Morgan fingerprint density at radius 3 is 2.62 bits per heavy atom. The summed E-state index contributed by atoms with van der Waals surface area (Å²) in [6.45, 7) is 2.60. The van der Waals surface area contributed by atoms with Gasteiger partial charge in [0.1, 0.15) is 5.75 Å². The Bertz CT molecular complexity index is 674. The number of ether oxygens (including phenoxy) is 1. The standard InChI is InChI=1S/C16H24N2O5S/c1-3-23-13-5-7-14(8-6-13)24(21,22)18-10-4-9-16(20,12-18)11-15(19)17-2/h5-8,20H,3-4,9-12H2,1-2H3,(H,17,19). The van der Waals surface area contributed by atoms with Crippen molar-refractivity contribution >= 4 is 15.9 Å². The number of nitrogens with zero attached hydrogens (tertiary/aromatic N) is 1. The molecule has 134 valence electrons. The first kappa shape index (κ1) is 18.7. The third-order valence-electron chi connectivity index (χ3n) is 4.06. The van der Waals surface area contributed by atoms with Crippen LogP contribution in [0.15, 0.2) is 29.2 Å². The third kappa shape index (κ3) is 4.25. The van der Waals surface area contributed by atoms with E-state index in [1.807, 2.05) is 6.92 Å². The molecule has 0 saturated carbocycles. The number of carbonyl (C=O) groups is 1. The highest BCUT2D eigenvalue weighted by molar-refractivity contribution is 7.89. The summed E-state index contributed by atoms with van der Waals surface area (Å²) in [7, 11) is -2.23. The Kier molecular flexibility index (Phi) is 5.84. The molecule has 0 aliphatic carbocycles. The van der Waals surface area contributed by atoms with E-state index in [-0.39, 0.29) is 23.8 Å². The summed E-state index contributed by atoms with van der Waals surface area (Å²) in [4.78, 5) is 11.7. The predicted octanol–water partition coefficient (Wildman–Crippen LogP) is 0.737. The second-order valence-electron chi connectivity index (χ2n) is 5.92. The van der Waals surface area contributed by atoms with Gasteiger partial charge in [0, 0.05) is 20.1 Å². The van der Waals surface area contributed by atoms with Gasteiger partial charge in [-0.1, -0.05) is 0 Å². The number of benzene rings is 1. The minimum atomic E-state index is -3.72. The van der Waals surface area contributed by atoms with Gasteiger partial charge in [-0.15, -0.1) is 0 Å². The van der Waals surface area contributed by atoms with E-state index in [0.29, 0.717) is 31.7 Å². The molecule has 1 aliphatic heterocycles. The van der Waals surface area contributed by atoms with Crippen LogP contribution in [0, 0.1) is 0 Å². The maximum absolute atomic E-state index is 12.8. The van der Waals surface area contributed by atoms with Crippen LogP contribution in [0.5, 0.6) is 5.75 Å². The van der Waals surface area contributed by atoms with E-state index in [1.54, 1.807) is 12.1 Å². The highest BCUT2D eigenvalue weighted by Crippen LogP contribution is 2.29. The van der Waals surface area contributed by atoms with Crippen molar-refractivity contribution in [1.82, 2.24) is 9.62 Å². The van der Waals surface area contributed by atoms with Crippen LogP contribution < -0.4 is 10.1 Å². The summed E-state index contributed by atoms with van der Waals surface area (Å²) in [5.41, 5.74) is -1.34. The molecule has 0 bridgehead atoms. The van der Waals surface area contributed by atoms with Gasteiger partial charge < -0.3 is 15.2 Å². The second-order valence-corrected chi connectivity index (χ2v) is 7.86. The van der Waals surface area contributed by atoms with Gasteiger partial charge in [0.05, 0.1) is 23.5 Å². The fraction of sp³-hybridized carbons (Fsp3) is 0.562. The largest absolute Gasteiger partial charge is 0.494 e. The van der Waals surface area contributed by atoms with Gasteiger partial charge in [0.25, 0.3) is 0 Å². The molecule has 1 fully saturated rings. The number of hydrogen-bond acceptors (Lipinski definition) is 5. The zero-order valence-electron chi connectivity index (χ0n) is 14.0. The average Bonchev–Trinajstić information content (AvgIpc) is 2.55. The van der Waals surface area contributed by atoms with E-state index in [4.69, 9.17) is 4.74 Å². The number of piperidine rings is 1. The zero-order valence-corrected chi connectivity index (χ0v) is 14.8. The quantitative estimate of drug-likeness (QED) is 0.784. The van der Waals surface area contributed by atoms with Crippen LogP contribution in [0.25, 0.3) is 0 Å². The van der Waals surface area contributed by atoms with Crippen LogP contribution in [-0.2, 0) is 14.8 Å². The Labute approximate surface area is 142 Å². The minimum absolute atomic E-state index is 0.0873. The van der Waals surface area contributed by atoms with E-state index in [2.05, 4.69) is 5.32 Å². The number of sulfonamides is 1. The molecule has 2 N–H and O–H groups in total. The maximum Gasteiger partial charge on any atom is 0.243 e.